The number of hydrogen-bond donors (Lipinski definition) is 2. The minimum Gasteiger partial charge on any atom is -0.480 e. The lowest BCUT2D eigenvalue weighted by Crippen LogP contribution is -2.42. The van der Waals surface area contributed by atoms with E-state index < -0.39 is 29.8 Å². The Morgan fingerprint density at radius 2 is 1.68 bits per heavy atom. The maximum Gasteiger partial charge on any atom is 0.335 e. The zero-order valence-electron chi connectivity index (χ0n) is 9.78. The number of nitrogens with zero attached hydrogens (tertiary/aromatic N) is 1. The molecule has 2 N–H and O–H groups in total. The Labute approximate surface area is 107 Å². The van der Waals surface area contributed by atoms with Crippen LogP contribution in [0.5, 0.6) is 0 Å². The van der Waals surface area contributed by atoms with E-state index in [2.05, 4.69) is 0 Å². The molecule has 19 heavy (non-hydrogen) atoms. The molecule has 1 aliphatic heterocycles. The van der Waals surface area contributed by atoms with Gasteiger partial charge in [0.15, 0.2) is 0 Å². The third kappa shape index (κ3) is 1.85. The van der Waals surface area contributed by atoms with Crippen molar-refractivity contribution in [2.75, 3.05) is 0 Å². The second-order valence-electron chi connectivity index (χ2n) is 4.06. The van der Waals surface area contributed by atoms with Gasteiger partial charge in [0.1, 0.15) is 6.04 Å². The third-order valence-corrected chi connectivity index (χ3v) is 2.91. The van der Waals surface area contributed by atoms with Gasteiger partial charge in [0.25, 0.3) is 11.8 Å². The lowest BCUT2D eigenvalue weighted by Gasteiger charge is -2.17. The topological polar surface area (TPSA) is 112 Å². The molecule has 7 nitrogen and oxygen atoms in total. The van der Waals surface area contributed by atoms with E-state index in [0.717, 1.165) is 6.07 Å². The predicted octanol–water partition coefficient (Wildman–Crippen LogP) is 0.454. The zero-order valence-corrected chi connectivity index (χ0v) is 9.78. The Kier molecular flexibility index (Phi) is 2.82. The van der Waals surface area contributed by atoms with Crippen LogP contribution in [0.2, 0.25) is 0 Å². The summed E-state index contributed by atoms with van der Waals surface area (Å²) in [4.78, 5) is 46.2. The number of rotatable bonds is 3. The summed E-state index contributed by atoms with van der Waals surface area (Å²) in [5.41, 5.74) is -0.203. The average molecular weight is 263 g/mol. The molecule has 0 fully saturated rings. The molecule has 2 amide bonds. The van der Waals surface area contributed by atoms with Crippen molar-refractivity contribution in [1.82, 2.24) is 4.90 Å². The van der Waals surface area contributed by atoms with E-state index in [1.54, 1.807) is 0 Å². The van der Waals surface area contributed by atoms with Crippen LogP contribution >= 0.6 is 0 Å². The summed E-state index contributed by atoms with van der Waals surface area (Å²) in [5, 5.41) is 17.7. The molecule has 0 bridgehead atoms. The van der Waals surface area contributed by atoms with E-state index in [0.29, 0.717) is 4.90 Å². The van der Waals surface area contributed by atoms with Crippen LogP contribution in [-0.4, -0.2) is 44.9 Å². The number of amides is 2. The fourth-order valence-electron chi connectivity index (χ4n) is 1.85. The molecule has 0 saturated heterocycles. The van der Waals surface area contributed by atoms with E-state index in [4.69, 9.17) is 10.2 Å². The number of hydrogen-bond acceptors (Lipinski definition) is 4. The number of imide groups is 1. The van der Waals surface area contributed by atoms with Gasteiger partial charge in [-0.15, -0.1) is 0 Å². The van der Waals surface area contributed by atoms with Crippen molar-refractivity contribution in [3.05, 3.63) is 34.9 Å². The standard InChI is InChI=1S/C12H9NO6/c1-5(11(16)17)13-9(14)7-3-2-6(12(18)19)4-8(7)10(13)15/h2-5H,1H3,(H,16,17)(H,18,19). The molecular formula is C12H9NO6. The number of aromatic carboxylic acids is 1. The van der Waals surface area contributed by atoms with Crippen molar-refractivity contribution in [3.8, 4) is 0 Å². The van der Waals surface area contributed by atoms with Crippen molar-refractivity contribution >= 4 is 23.8 Å². The molecular weight excluding hydrogens is 254 g/mol. The van der Waals surface area contributed by atoms with Gasteiger partial charge in [0, 0.05) is 0 Å². The highest BCUT2D eigenvalue weighted by atomic mass is 16.4. The molecule has 1 aliphatic rings. The summed E-state index contributed by atoms with van der Waals surface area (Å²) >= 11 is 0. The monoisotopic (exact) mass is 263 g/mol. The average Bonchev–Trinajstić information content (AvgIpc) is 2.60. The van der Waals surface area contributed by atoms with Gasteiger partial charge in [-0.2, -0.15) is 0 Å². The van der Waals surface area contributed by atoms with Crippen molar-refractivity contribution < 1.29 is 29.4 Å². The fourth-order valence-corrected chi connectivity index (χ4v) is 1.85. The molecule has 1 heterocycles. The maximum atomic E-state index is 12.0. The van der Waals surface area contributed by atoms with Gasteiger partial charge in [0.2, 0.25) is 0 Å². The number of carbonyl (C=O) groups is 4. The highest BCUT2D eigenvalue weighted by Crippen LogP contribution is 2.25. The minimum absolute atomic E-state index is 0.0168. The molecule has 1 atom stereocenters. The van der Waals surface area contributed by atoms with E-state index in [9.17, 15) is 19.2 Å². The van der Waals surface area contributed by atoms with E-state index in [1.165, 1.54) is 19.1 Å². The minimum atomic E-state index is -1.31. The molecule has 1 unspecified atom stereocenters. The van der Waals surface area contributed by atoms with E-state index in [1.807, 2.05) is 0 Å². The van der Waals surface area contributed by atoms with E-state index >= 15 is 0 Å². The first-order chi connectivity index (χ1) is 8.84. The lowest BCUT2D eigenvalue weighted by atomic mass is 10.1. The number of carboxylic acids is 2. The lowest BCUT2D eigenvalue weighted by molar-refractivity contribution is -0.140. The third-order valence-electron chi connectivity index (χ3n) is 2.91. The van der Waals surface area contributed by atoms with Crippen molar-refractivity contribution in [2.45, 2.75) is 13.0 Å². The quantitative estimate of drug-likeness (QED) is 0.766. The molecule has 1 aromatic carbocycles. The summed E-state index contributed by atoms with van der Waals surface area (Å²) in [6, 6.07) is 2.18. The summed E-state index contributed by atoms with van der Waals surface area (Å²) in [7, 11) is 0. The highest BCUT2D eigenvalue weighted by Gasteiger charge is 2.41. The molecule has 0 spiro atoms. The Hall–Kier alpha value is -2.70. The molecule has 0 radical (unpaired) electrons. The Balaban J connectivity index is 2.50. The molecule has 0 aromatic heterocycles. The maximum absolute atomic E-state index is 12.0. The van der Waals surface area contributed by atoms with Gasteiger partial charge < -0.3 is 10.2 Å². The van der Waals surface area contributed by atoms with Gasteiger partial charge in [-0.3, -0.25) is 14.5 Å². The highest BCUT2D eigenvalue weighted by molar-refractivity contribution is 6.23. The van der Waals surface area contributed by atoms with Crippen LogP contribution < -0.4 is 0 Å². The number of aliphatic carboxylic acids is 1. The largest absolute Gasteiger partial charge is 0.480 e. The second-order valence-corrected chi connectivity index (χ2v) is 4.06. The Morgan fingerprint density at radius 1 is 1.11 bits per heavy atom. The predicted molar refractivity (Wildman–Crippen MR) is 61.0 cm³/mol. The molecule has 7 heteroatoms. The smallest absolute Gasteiger partial charge is 0.335 e. The molecule has 0 saturated carbocycles. The van der Waals surface area contributed by atoms with Gasteiger partial charge in [-0.05, 0) is 25.1 Å². The molecule has 98 valence electrons. The van der Waals surface area contributed by atoms with Crippen LogP contribution in [0.1, 0.15) is 38.0 Å². The van der Waals surface area contributed by atoms with Crippen LogP contribution in [0.15, 0.2) is 18.2 Å². The Bertz CT molecular complexity index is 621. The number of carboxylic acid groups (broad SMARTS) is 2. The zero-order chi connectivity index (χ0) is 14.3. The van der Waals surface area contributed by atoms with Crippen LogP contribution in [0.4, 0.5) is 0 Å². The number of carbonyl (C=O) groups excluding carboxylic acids is 2. The second kappa shape index (κ2) is 4.20. The fraction of sp³-hybridized carbons (Fsp3) is 0.167. The molecule has 0 aliphatic carbocycles. The SMILES string of the molecule is CC(C(=O)O)N1C(=O)c2ccc(C(=O)O)cc2C1=O. The molecule has 1 aromatic rings. The van der Waals surface area contributed by atoms with Crippen molar-refractivity contribution in [1.29, 1.82) is 0 Å². The summed E-state index contributed by atoms with van der Waals surface area (Å²) in [6.07, 6.45) is 0. The normalized spacial score (nSPS) is 15.3. The van der Waals surface area contributed by atoms with Crippen molar-refractivity contribution in [2.24, 2.45) is 0 Å². The van der Waals surface area contributed by atoms with Gasteiger partial charge in [0.05, 0.1) is 16.7 Å². The summed E-state index contributed by atoms with van der Waals surface area (Å²) < 4.78 is 0. The van der Waals surface area contributed by atoms with Crippen LogP contribution in [-0.2, 0) is 4.79 Å². The first-order valence-electron chi connectivity index (χ1n) is 5.32. The van der Waals surface area contributed by atoms with Crippen molar-refractivity contribution in [3.63, 3.8) is 0 Å². The summed E-state index contributed by atoms with van der Waals surface area (Å²) in [6.45, 7) is 1.21. The number of fused-ring (bicyclic) bond motifs is 1. The Morgan fingerprint density at radius 3 is 2.21 bits per heavy atom. The van der Waals surface area contributed by atoms with E-state index in [-0.39, 0.29) is 16.7 Å². The van der Waals surface area contributed by atoms with Crippen LogP contribution in [0.3, 0.4) is 0 Å². The van der Waals surface area contributed by atoms with Gasteiger partial charge in [-0.1, -0.05) is 0 Å². The molecule has 2 rings (SSSR count). The van der Waals surface area contributed by atoms with Gasteiger partial charge in [-0.25, -0.2) is 9.59 Å². The number of benzene rings is 1. The first-order valence-corrected chi connectivity index (χ1v) is 5.32. The summed E-state index contributed by atoms with van der Waals surface area (Å²) in [5.74, 6) is -4.06. The van der Waals surface area contributed by atoms with Crippen LogP contribution in [0.25, 0.3) is 0 Å². The van der Waals surface area contributed by atoms with Crippen LogP contribution in [0, 0.1) is 0 Å². The van der Waals surface area contributed by atoms with Gasteiger partial charge >= 0.3 is 11.9 Å². The first kappa shape index (κ1) is 12.7.